The molecule has 0 spiro atoms. The van der Waals surface area contributed by atoms with Crippen molar-refractivity contribution in [3.8, 4) is 5.88 Å². The minimum atomic E-state index is 0.0831. The fraction of sp³-hybridized carbons (Fsp3) is 0.692. The Bertz CT molecular complexity index is 382. The van der Waals surface area contributed by atoms with Crippen LogP contribution in [0.2, 0.25) is 0 Å². The highest BCUT2D eigenvalue weighted by molar-refractivity contribution is 6.17. The molecule has 0 aliphatic rings. The van der Waals surface area contributed by atoms with E-state index in [1.165, 1.54) is 0 Å². The molecule has 1 unspecified atom stereocenters. The summed E-state index contributed by atoms with van der Waals surface area (Å²) >= 11 is 5.77. The van der Waals surface area contributed by atoms with Crippen molar-refractivity contribution in [2.24, 2.45) is 0 Å². The van der Waals surface area contributed by atoms with E-state index in [-0.39, 0.29) is 12.1 Å². The maximum absolute atomic E-state index is 5.77. The lowest BCUT2D eigenvalue weighted by molar-refractivity contribution is 0.184. The van der Waals surface area contributed by atoms with Crippen LogP contribution < -0.4 is 10.1 Å². The van der Waals surface area contributed by atoms with Gasteiger partial charge in [0.1, 0.15) is 0 Å². The molecule has 0 aliphatic heterocycles. The molecule has 0 aliphatic carbocycles. The highest BCUT2D eigenvalue weighted by atomic mass is 35.5. The molecule has 0 saturated heterocycles. The summed E-state index contributed by atoms with van der Waals surface area (Å²) in [6.45, 7) is 6.40. The smallest absolute Gasteiger partial charge is 0.226 e. The molecule has 19 heavy (non-hydrogen) atoms. The molecule has 1 atom stereocenters. The number of nitrogens with zero attached hydrogens (tertiary/aromatic N) is 2. The first-order valence-electron chi connectivity index (χ1n) is 6.39. The summed E-state index contributed by atoms with van der Waals surface area (Å²) < 4.78 is 10.7. The molecule has 108 valence electrons. The highest BCUT2D eigenvalue weighted by Gasteiger charge is 2.11. The summed E-state index contributed by atoms with van der Waals surface area (Å²) in [4.78, 5) is 8.68. The third-order valence-corrected chi connectivity index (χ3v) is 2.56. The number of hydrogen-bond acceptors (Lipinski definition) is 5. The average Bonchev–Trinajstić information content (AvgIpc) is 2.27. The topological polar surface area (TPSA) is 56.3 Å². The molecule has 6 heteroatoms. The Kier molecular flexibility index (Phi) is 6.87. The maximum Gasteiger partial charge on any atom is 0.226 e. The van der Waals surface area contributed by atoms with Gasteiger partial charge in [-0.1, -0.05) is 0 Å². The molecule has 0 aromatic carbocycles. The summed E-state index contributed by atoms with van der Waals surface area (Å²) in [7, 11) is 1.66. The molecule has 0 saturated carbocycles. The fourth-order valence-corrected chi connectivity index (χ4v) is 1.88. The van der Waals surface area contributed by atoms with Gasteiger partial charge in [-0.15, -0.1) is 11.6 Å². The van der Waals surface area contributed by atoms with Crippen LogP contribution in [0.25, 0.3) is 0 Å². The van der Waals surface area contributed by atoms with Gasteiger partial charge in [0.15, 0.2) is 0 Å². The summed E-state index contributed by atoms with van der Waals surface area (Å²) in [5, 5.41) is 3.22. The Morgan fingerprint density at radius 1 is 1.37 bits per heavy atom. The van der Waals surface area contributed by atoms with Crippen molar-refractivity contribution < 1.29 is 9.47 Å². The molecule has 1 N–H and O–H groups in total. The second kappa shape index (κ2) is 8.17. The zero-order chi connectivity index (χ0) is 14.3. The van der Waals surface area contributed by atoms with Gasteiger partial charge >= 0.3 is 0 Å². The third-order valence-electron chi connectivity index (χ3n) is 2.35. The van der Waals surface area contributed by atoms with Crippen LogP contribution in [0, 0.1) is 6.92 Å². The lowest BCUT2D eigenvalue weighted by Crippen LogP contribution is -2.26. The molecule has 0 amide bonds. The minimum Gasteiger partial charge on any atom is -0.475 e. The SMILES string of the molecule is COCC(CCCl)Nc1nc(C)cc(OC(C)C)n1. The van der Waals surface area contributed by atoms with Gasteiger partial charge in [-0.3, -0.25) is 0 Å². The monoisotopic (exact) mass is 287 g/mol. The standard InChI is InChI=1S/C13H22ClN3O2/c1-9(2)19-12-7-10(3)15-13(17-12)16-11(5-6-14)8-18-4/h7,9,11H,5-6,8H2,1-4H3,(H,15,16,17). The molecule has 0 fully saturated rings. The number of alkyl halides is 1. The molecule has 1 rings (SSSR count). The van der Waals surface area contributed by atoms with Gasteiger partial charge < -0.3 is 14.8 Å². The van der Waals surface area contributed by atoms with E-state index in [0.717, 1.165) is 12.1 Å². The first kappa shape index (κ1) is 16.0. The van der Waals surface area contributed by atoms with E-state index in [2.05, 4.69) is 15.3 Å². The second-order valence-corrected chi connectivity index (χ2v) is 4.99. The second-order valence-electron chi connectivity index (χ2n) is 4.61. The third kappa shape index (κ3) is 6.07. The Hall–Kier alpha value is -1.07. The predicted octanol–water partition coefficient (Wildman–Crippen LogP) is 2.63. The zero-order valence-corrected chi connectivity index (χ0v) is 12.7. The first-order valence-corrected chi connectivity index (χ1v) is 6.92. The van der Waals surface area contributed by atoms with Crippen LogP contribution in [-0.4, -0.2) is 41.7 Å². The van der Waals surface area contributed by atoms with Crippen LogP contribution in [0.3, 0.4) is 0 Å². The molecule has 0 radical (unpaired) electrons. The van der Waals surface area contributed by atoms with E-state index in [9.17, 15) is 0 Å². The van der Waals surface area contributed by atoms with E-state index in [4.69, 9.17) is 21.1 Å². The molecule has 1 heterocycles. The van der Waals surface area contributed by atoms with Crippen LogP contribution >= 0.6 is 11.6 Å². The first-order chi connectivity index (χ1) is 9.05. The number of methoxy groups -OCH3 is 1. The number of anilines is 1. The van der Waals surface area contributed by atoms with Gasteiger partial charge in [0.25, 0.3) is 0 Å². The highest BCUT2D eigenvalue weighted by Crippen LogP contribution is 2.15. The average molecular weight is 288 g/mol. The van der Waals surface area contributed by atoms with Crippen LogP contribution in [-0.2, 0) is 4.74 Å². The van der Waals surface area contributed by atoms with Crippen molar-refractivity contribution in [3.05, 3.63) is 11.8 Å². The van der Waals surface area contributed by atoms with Gasteiger partial charge in [0.05, 0.1) is 18.8 Å². The van der Waals surface area contributed by atoms with Crippen molar-refractivity contribution in [3.63, 3.8) is 0 Å². The van der Waals surface area contributed by atoms with Gasteiger partial charge in [0, 0.05) is 24.8 Å². The zero-order valence-electron chi connectivity index (χ0n) is 11.9. The van der Waals surface area contributed by atoms with Gasteiger partial charge in [-0.2, -0.15) is 4.98 Å². The Morgan fingerprint density at radius 3 is 2.68 bits per heavy atom. The maximum atomic E-state index is 5.77. The van der Waals surface area contributed by atoms with Crippen LogP contribution in [0.4, 0.5) is 5.95 Å². The van der Waals surface area contributed by atoms with Crippen molar-refractivity contribution in [2.75, 3.05) is 24.9 Å². The van der Waals surface area contributed by atoms with Crippen LogP contribution in [0.5, 0.6) is 5.88 Å². The number of ether oxygens (including phenoxy) is 2. The Labute approximate surface area is 119 Å². The molecule has 0 bridgehead atoms. The number of nitrogens with one attached hydrogen (secondary N) is 1. The number of rotatable bonds is 8. The van der Waals surface area contributed by atoms with Crippen molar-refractivity contribution in [1.29, 1.82) is 0 Å². The molecule has 1 aromatic rings. The van der Waals surface area contributed by atoms with E-state index in [0.29, 0.717) is 24.3 Å². The summed E-state index contributed by atoms with van der Waals surface area (Å²) in [5.41, 5.74) is 0.857. The van der Waals surface area contributed by atoms with Crippen molar-refractivity contribution >= 4 is 17.5 Å². The van der Waals surface area contributed by atoms with Gasteiger partial charge in [0.2, 0.25) is 11.8 Å². The van der Waals surface area contributed by atoms with Crippen LogP contribution in [0.1, 0.15) is 26.0 Å². The molecule has 5 nitrogen and oxygen atoms in total. The fourth-order valence-electron chi connectivity index (χ4n) is 1.62. The molecular formula is C13H22ClN3O2. The van der Waals surface area contributed by atoms with E-state index in [1.54, 1.807) is 7.11 Å². The van der Waals surface area contributed by atoms with Crippen LogP contribution in [0.15, 0.2) is 6.07 Å². The lowest BCUT2D eigenvalue weighted by atomic mass is 10.2. The number of aromatic nitrogens is 2. The van der Waals surface area contributed by atoms with Gasteiger partial charge in [-0.05, 0) is 27.2 Å². The predicted molar refractivity (Wildman–Crippen MR) is 77.2 cm³/mol. The summed E-state index contributed by atoms with van der Waals surface area (Å²) in [5.74, 6) is 1.68. The number of hydrogen-bond donors (Lipinski definition) is 1. The summed E-state index contributed by atoms with van der Waals surface area (Å²) in [6, 6.07) is 1.91. The molecule has 1 aromatic heterocycles. The Morgan fingerprint density at radius 2 is 2.11 bits per heavy atom. The van der Waals surface area contributed by atoms with E-state index >= 15 is 0 Å². The van der Waals surface area contributed by atoms with E-state index < -0.39 is 0 Å². The van der Waals surface area contributed by atoms with Crippen molar-refractivity contribution in [2.45, 2.75) is 39.3 Å². The number of halogens is 1. The van der Waals surface area contributed by atoms with E-state index in [1.807, 2.05) is 26.8 Å². The minimum absolute atomic E-state index is 0.0831. The largest absolute Gasteiger partial charge is 0.475 e. The normalized spacial score (nSPS) is 12.5. The Balaban J connectivity index is 2.77. The van der Waals surface area contributed by atoms with Gasteiger partial charge in [-0.25, -0.2) is 4.98 Å². The summed E-state index contributed by atoms with van der Waals surface area (Å²) in [6.07, 6.45) is 0.868. The van der Waals surface area contributed by atoms with Crippen molar-refractivity contribution in [1.82, 2.24) is 9.97 Å². The molecular weight excluding hydrogens is 266 g/mol. The number of aryl methyl sites for hydroxylation is 1. The lowest BCUT2D eigenvalue weighted by Gasteiger charge is -2.17. The quantitative estimate of drug-likeness (QED) is 0.745.